The van der Waals surface area contributed by atoms with Gasteiger partial charge in [-0.25, -0.2) is 0 Å². The van der Waals surface area contributed by atoms with Crippen LogP contribution in [-0.2, 0) is 0 Å². The van der Waals surface area contributed by atoms with Crippen LogP contribution in [0.15, 0.2) is 97.1 Å². The highest BCUT2D eigenvalue weighted by atomic mass is 16.5. The number of phenols is 1. The third kappa shape index (κ3) is 2.93. The van der Waals surface area contributed by atoms with E-state index in [9.17, 15) is 5.11 Å². The monoisotopic (exact) mass is 456 g/mol. The Labute approximate surface area is 202 Å². The van der Waals surface area contributed by atoms with E-state index >= 15 is 0 Å². The molecular weight excluding hydrogens is 432 g/mol. The smallest absolute Gasteiger partial charge is 0.118 e. The molecule has 6 aromatic rings. The number of aromatic hydroxyl groups is 1. The van der Waals surface area contributed by atoms with Crippen molar-refractivity contribution in [3.05, 3.63) is 131 Å². The van der Waals surface area contributed by atoms with Crippen LogP contribution in [0.5, 0.6) is 11.5 Å². The summed E-state index contributed by atoms with van der Waals surface area (Å²) in [5, 5.41) is 12.5. The summed E-state index contributed by atoms with van der Waals surface area (Å²) in [6, 6.07) is 33.1. The van der Waals surface area contributed by atoms with Gasteiger partial charge in [-0.15, -0.1) is 0 Å². The van der Waals surface area contributed by atoms with Gasteiger partial charge < -0.3 is 19.8 Å². The van der Waals surface area contributed by atoms with Crippen molar-refractivity contribution in [3.8, 4) is 11.5 Å². The molecule has 4 aromatic carbocycles. The normalized spacial score (nSPS) is 16.8. The minimum atomic E-state index is 0.0126. The number of benzene rings is 4. The third-order valence-corrected chi connectivity index (χ3v) is 7.38. The van der Waals surface area contributed by atoms with Crippen molar-refractivity contribution in [1.82, 2.24) is 9.97 Å². The molecule has 0 fully saturated rings. The molecule has 0 radical (unpaired) electrons. The van der Waals surface area contributed by atoms with E-state index in [0.29, 0.717) is 0 Å². The Hall–Kier alpha value is -4.44. The zero-order chi connectivity index (χ0) is 23.5. The first-order valence-corrected chi connectivity index (χ1v) is 11.9. The Balaban J connectivity index is 1.59. The van der Waals surface area contributed by atoms with E-state index in [2.05, 4.69) is 70.6 Å². The minimum absolute atomic E-state index is 0.0126. The second-order valence-corrected chi connectivity index (χ2v) is 9.23. The minimum Gasteiger partial charge on any atom is -0.508 e. The molecule has 7 rings (SSSR count). The van der Waals surface area contributed by atoms with E-state index in [-0.39, 0.29) is 17.6 Å². The van der Waals surface area contributed by atoms with Gasteiger partial charge >= 0.3 is 0 Å². The predicted molar refractivity (Wildman–Crippen MR) is 140 cm³/mol. The second-order valence-electron chi connectivity index (χ2n) is 9.23. The maximum absolute atomic E-state index is 10.0. The van der Waals surface area contributed by atoms with Gasteiger partial charge in [-0.3, -0.25) is 0 Å². The van der Waals surface area contributed by atoms with Crippen LogP contribution in [0.2, 0.25) is 0 Å². The van der Waals surface area contributed by atoms with Crippen LogP contribution in [0.1, 0.15) is 45.5 Å². The van der Waals surface area contributed by atoms with Crippen LogP contribution < -0.4 is 4.74 Å². The summed E-state index contributed by atoms with van der Waals surface area (Å²) < 4.78 is 5.45. The Morgan fingerprint density at radius 1 is 0.600 bits per heavy atom. The number of H-pyrrole nitrogens is 2. The highest BCUT2D eigenvalue weighted by Crippen LogP contribution is 2.53. The van der Waals surface area contributed by atoms with E-state index in [1.165, 1.54) is 38.9 Å². The number of rotatable bonds is 3. The SMILES string of the molecule is COc1ccc(C2c3[nH]c4ccccc4c3C(c3ccc(O)cc3)c3[nH]c4ccccc4c32)cc1. The van der Waals surface area contributed by atoms with Crippen molar-refractivity contribution in [3.63, 3.8) is 0 Å². The van der Waals surface area contributed by atoms with E-state index < -0.39 is 0 Å². The lowest BCUT2D eigenvalue weighted by atomic mass is 9.72. The van der Waals surface area contributed by atoms with E-state index in [1.54, 1.807) is 19.2 Å². The first-order chi connectivity index (χ1) is 17.2. The van der Waals surface area contributed by atoms with Gasteiger partial charge in [0.1, 0.15) is 11.5 Å². The maximum atomic E-state index is 10.0. The highest BCUT2D eigenvalue weighted by molar-refractivity contribution is 5.93. The number of fused-ring (bicyclic) bond motifs is 6. The molecule has 0 saturated heterocycles. The maximum Gasteiger partial charge on any atom is 0.118 e. The lowest BCUT2D eigenvalue weighted by Crippen LogP contribution is -2.19. The Bertz CT molecular complexity index is 1680. The standard InChI is InChI=1S/C31H24N2O2/c1-35-21-16-12-19(13-17-21)27-29-23-7-3-5-9-25(23)32-30(29)26(18-10-14-20(34)15-11-18)28-22-6-2-4-8-24(22)33-31(27)28/h2-17,26-27,32-34H,1H3. The number of hydrogen-bond donors (Lipinski definition) is 3. The molecule has 2 unspecified atom stereocenters. The summed E-state index contributed by atoms with van der Waals surface area (Å²) in [5.41, 5.74) is 9.63. The first kappa shape index (κ1) is 20.0. The van der Waals surface area contributed by atoms with Gasteiger partial charge in [0, 0.05) is 33.2 Å². The van der Waals surface area contributed by atoms with Gasteiger partial charge in [0.25, 0.3) is 0 Å². The summed E-state index contributed by atoms with van der Waals surface area (Å²) in [4.78, 5) is 7.60. The van der Waals surface area contributed by atoms with Gasteiger partial charge in [-0.2, -0.15) is 0 Å². The molecule has 4 heteroatoms. The molecule has 1 aliphatic carbocycles. The fourth-order valence-corrected chi connectivity index (χ4v) is 5.86. The summed E-state index contributed by atoms with van der Waals surface area (Å²) in [6.07, 6.45) is 0. The van der Waals surface area contributed by atoms with Gasteiger partial charge in [-0.1, -0.05) is 60.7 Å². The van der Waals surface area contributed by atoms with Crippen LogP contribution in [0, 0.1) is 0 Å². The molecule has 1 aliphatic rings. The van der Waals surface area contributed by atoms with E-state index in [0.717, 1.165) is 22.3 Å². The predicted octanol–water partition coefficient (Wildman–Crippen LogP) is 7.04. The number of aromatic nitrogens is 2. The van der Waals surface area contributed by atoms with Gasteiger partial charge in [-0.05, 0) is 58.7 Å². The number of aromatic amines is 2. The van der Waals surface area contributed by atoms with Crippen molar-refractivity contribution in [1.29, 1.82) is 0 Å². The van der Waals surface area contributed by atoms with Crippen molar-refractivity contribution < 1.29 is 9.84 Å². The highest BCUT2D eigenvalue weighted by Gasteiger charge is 2.39. The van der Waals surface area contributed by atoms with Crippen LogP contribution in [0.3, 0.4) is 0 Å². The number of para-hydroxylation sites is 2. The van der Waals surface area contributed by atoms with Crippen molar-refractivity contribution in [2.75, 3.05) is 7.11 Å². The Morgan fingerprint density at radius 2 is 1.06 bits per heavy atom. The zero-order valence-corrected chi connectivity index (χ0v) is 19.2. The number of phenolic OH excluding ortho intramolecular Hbond substituents is 1. The average Bonchev–Trinajstić information content (AvgIpc) is 3.47. The molecular formula is C31H24N2O2. The van der Waals surface area contributed by atoms with Crippen molar-refractivity contribution in [2.24, 2.45) is 0 Å². The molecule has 3 N–H and O–H groups in total. The molecule has 35 heavy (non-hydrogen) atoms. The summed E-state index contributed by atoms with van der Waals surface area (Å²) >= 11 is 0. The molecule has 0 saturated carbocycles. The van der Waals surface area contributed by atoms with E-state index in [1.807, 2.05) is 24.3 Å². The lowest BCUT2D eigenvalue weighted by Gasteiger charge is -2.31. The van der Waals surface area contributed by atoms with Crippen LogP contribution in [-0.4, -0.2) is 22.2 Å². The molecule has 170 valence electrons. The molecule has 0 aliphatic heterocycles. The largest absolute Gasteiger partial charge is 0.508 e. The third-order valence-electron chi connectivity index (χ3n) is 7.38. The van der Waals surface area contributed by atoms with E-state index in [4.69, 9.17) is 4.74 Å². The lowest BCUT2D eigenvalue weighted by molar-refractivity contribution is 0.414. The topological polar surface area (TPSA) is 61.0 Å². The summed E-state index contributed by atoms with van der Waals surface area (Å²) in [6.45, 7) is 0. The van der Waals surface area contributed by atoms with Crippen molar-refractivity contribution in [2.45, 2.75) is 11.8 Å². The quantitative estimate of drug-likeness (QED) is 0.267. The van der Waals surface area contributed by atoms with Crippen LogP contribution in [0.4, 0.5) is 0 Å². The number of nitrogens with one attached hydrogen (secondary N) is 2. The van der Waals surface area contributed by atoms with Crippen LogP contribution >= 0.6 is 0 Å². The summed E-state index contributed by atoms with van der Waals surface area (Å²) in [5.74, 6) is 1.18. The molecule has 4 nitrogen and oxygen atoms in total. The molecule has 0 amide bonds. The number of hydrogen-bond acceptors (Lipinski definition) is 2. The Morgan fingerprint density at radius 3 is 1.54 bits per heavy atom. The molecule has 2 aromatic heterocycles. The molecule has 0 bridgehead atoms. The molecule has 2 heterocycles. The summed E-state index contributed by atoms with van der Waals surface area (Å²) in [7, 11) is 1.70. The average molecular weight is 457 g/mol. The first-order valence-electron chi connectivity index (χ1n) is 11.9. The number of methoxy groups -OCH3 is 1. The number of ether oxygens (including phenoxy) is 1. The van der Waals surface area contributed by atoms with Gasteiger partial charge in [0.05, 0.1) is 18.9 Å². The second kappa shape index (κ2) is 7.54. The molecule has 2 atom stereocenters. The molecule has 0 spiro atoms. The van der Waals surface area contributed by atoms with Gasteiger partial charge in [0.2, 0.25) is 0 Å². The zero-order valence-electron chi connectivity index (χ0n) is 19.2. The fraction of sp³-hybridized carbons (Fsp3) is 0.0968. The fourth-order valence-electron chi connectivity index (χ4n) is 5.86. The van der Waals surface area contributed by atoms with Gasteiger partial charge in [0.15, 0.2) is 0 Å². The Kier molecular flexibility index (Phi) is 4.30. The van der Waals surface area contributed by atoms with Crippen LogP contribution in [0.25, 0.3) is 21.8 Å². The van der Waals surface area contributed by atoms with Crippen molar-refractivity contribution >= 4 is 21.8 Å².